The van der Waals surface area contributed by atoms with E-state index in [0.29, 0.717) is 0 Å². The van der Waals surface area contributed by atoms with E-state index < -0.39 is 0 Å². The van der Waals surface area contributed by atoms with E-state index in [2.05, 4.69) is 250 Å². The van der Waals surface area contributed by atoms with Crippen LogP contribution in [-0.2, 0) is 0 Å². The predicted octanol–water partition coefficient (Wildman–Crippen LogP) is 14.6. The van der Waals surface area contributed by atoms with Crippen molar-refractivity contribution in [3.05, 3.63) is 247 Å². The molecule has 6 unspecified atom stereocenters. The van der Waals surface area contributed by atoms with Gasteiger partial charge in [0.15, 0.2) is 0 Å². The summed E-state index contributed by atoms with van der Waals surface area (Å²) in [6.45, 7) is 0. The van der Waals surface area contributed by atoms with Crippen molar-refractivity contribution >= 4 is 55.9 Å². The maximum atomic E-state index is 2.60. The molecule has 0 radical (unpaired) electrons. The predicted molar refractivity (Wildman–Crippen MR) is 266 cm³/mol. The van der Waals surface area contributed by atoms with Crippen LogP contribution in [-0.4, -0.2) is 22.7 Å². The van der Waals surface area contributed by atoms with Crippen LogP contribution >= 0.6 is 0 Å². The van der Waals surface area contributed by atoms with Gasteiger partial charge in [-0.05, 0) is 94.5 Å². The van der Waals surface area contributed by atoms with Gasteiger partial charge in [-0.3, -0.25) is 0 Å². The summed E-state index contributed by atoms with van der Waals surface area (Å²) in [6.07, 6.45) is 27.6. The molecule has 0 N–H and O–H groups in total. The highest BCUT2D eigenvalue weighted by Gasteiger charge is 2.41. The number of para-hydroxylation sites is 5. The molecule has 0 saturated heterocycles. The fourth-order valence-corrected chi connectivity index (χ4v) is 12.0. The van der Waals surface area contributed by atoms with E-state index in [-0.39, 0.29) is 35.9 Å². The lowest BCUT2D eigenvalue weighted by Gasteiger charge is -2.33. The third kappa shape index (κ3) is 5.17. The molecule has 64 heavy (non-hydrogen) atoms. The SMILES string of the molecule is C1=CC2c3ccccc3N(c3cc(-c4cc(N5c6ccccc6C6C=CC=CC65)cc(-n5c6ccccc6c6ccccc65)c4)cc(N4c5ccccc5C5C=CC=CC54)c3)C2C=C1. The fraction of sp³-hybridized carbons (Fsp3) is 0.100. The van der Waals surface area contributed by atoms with Crippen LogP contribution < -0.4 is 14.7 Å². The van der Waals surface area contributed by atoms with Crippen molar-refractivity contribution in [1.29, 1.82) is 0 Å². The van der Waals surface area contributed by atoms with Crippen LogP contribution in [0.2, 0.25) is 0 Å². The van der Waals surface area contributed by atoms with Gasteiger partial charge >= 0.3 is 0 Å². The Morgan fingerprint density at radius 1 is 0.297 bits per heavy atom. The summed E-state index contributed by atoms with van der Waals surface area (Å²) in [7, 11) is 0. The van der Waals surface area contributed by atoms with E-state index in [1.54, 1.807) is 0 Å². The highest BCUT2D eigenvalue weighted by atomic mass is 15.2. The van der Waals surface area contributed by atoms with Crippen LogP contribution in [0.3, 0.4) is 0 Å². The largest absolute Gasteiger partial charge is 0.333 e. The lowest BCUT2D eigenvalue weighted by Crippen LogP contribution is -2.30. The first kappa shape index (κ1) is 35.7. The molecule has 0 fully saturated rings. The lowest BCUT2D eigenvalue weighted by atomic mass is 9.91. The van der Waals surface area contributed by atoms with Crippen molar-refractivity contribution in [2.75, 3.05) is 14.7 Å². The lowest BCUT2D eigenvalue weighted by molar-refractivity contribution is 0.739. The number of fused-ring (bicyclic) bond motifs is 12. The Morgan fingerprint density at radius 2 is 0.625 bits per heavy atom. The van der Waals surface area contributed by atoms with Crippen molar-refractivity contribution in [3.63, 3.8) is 0 Å². The van der Waals surface area contributed by atoms with Crippen LogP contribution in [0, 0.1) is 0 Å². The molecular formula is C60H44N4. The number of anilines is 6. The normalized spacial score (nSPS) is 22.8. The van der Waals surface area contributed by atoms with E-state index in [9.17, 15) is 0 Å². The Balaban J connectivity index is 1.04. The van der Waals surface area contributed by atoms with Crippen LogP contribution in [0.25, 0.3) is 38.6 Å². The van der Waals surface area contributed by atoms with Crippen molar-refractivity contribution in [2.24, 2.45) is 0 Å². The molecule has 304 valence electrons. The maximum absolute atomic E-state index is 2.60. The third-order valence-electron chi connectivity index (χ3n) is 14.7. The number of rotatable bonds is 5. The summed E-state index contributed by atoms with van der Waals surface area (Å²) in [5, 5.41) is 2.52. The van der Waals surface area contributed by atoms with Gasteiger partial charge in [-0.1, -0.05) is 164 Å². The smallest absolute Gasteiger partial charge is 0.0629 e. The van der Waals surface area contributed by atoms with E-state index in [0.717, 1.165) is 5.69 Å². The minimum atomic E-state index is 0.166. The zero-order chi connectivity index (χ0) is 41.9. The quantitative estimate of drug-likeness (QED) is 0.172. The second-order valence-corrected chi connectivity index (χ2v) is 18.0. The topological polar surface area (TPSA) is 14.7 Å². The first-order valence-electron chi connectivity index (χ1n) is 22.8. The average Bonchev–Trinajstić information content (AvgIpc) is 4.09. The molecule has 4 nitrogen and oxygen atoms in total. The van der Waals surface area contributed by atoms with Crippen molar-refractivity contribution in [3.8, 4) is 16.8 Å². The summed E-state index contributed by atoms with van der Waals surface area (Å²) in [4.78, 5) is 7.79. The molecule has 0 saturated carbocycles. The summed E-state index contributed by atoms with van der Waals surface area (Å²) < 4.78 is 2.49. The molecule has 0 spiro atoms. The molecule has 0 bridgehead atoms. The zero-order valence-corrected chi connectivity index (χ0v) is 35.2. The first-order chi connectivity index (χ1) is 31.8. The van der Waals surface area contributed by atoms with Crippen molar-refractivity contribution in [2.45, 2.75) is 35.9 Å². The minimum Gasteiger partial charge on any atom is -0.333 e. The number of hydrogen-bond donors (Lipinski definition) is 0. The number of allylic oxidation sites excluding steroid dienone is 6. The molecule has 3 aliphatic carbocycles. The number of hydrogen-bond acceptors (Lipinski definition) is 3. The zero-order valence-electron chi connectivity index (χ0n) is 35.2. The fourth-order valence-electron chi connectivity index (χ4n) is 12.0. The monoisotopic (exact) mass is 820 g/mol. The summed E-state index contributed by atoms with van der Waals surface area (Å²) in [5.41, 5.74) is 17.4. The van der Waals surface area contributed by atoms with Crippen LogP contribution in [0.15, 0.2) is 231 Å². The number of aromatic nitrogens is 1. The number of nitrogens with zero attached hydrogens (tertiary/aromatic N) is 4. The Labute approximate surface area is 373 Å². The van der Waals surface area contributed by atoms with Gasteiger partial charge in [-0.2, -0.15) is 0 Å². The van der Waals surface area contributed by atoms with Gasteiger partial charge in [-0.25, -0.2) is 0 Å². The summed E-state index contributed by atoms with van der Waals surface area (Å²) in [5.74, 6) is 0.836. The molecule has 4 heteroatoms. The standard InChI is InChI=1S/C60H44N4/c1-9-25-53-45(17-1)46-18-2-10-26-54(46)61(53)41-33-39(34-42(37-41)62-55-27-11-3-19-47(55)48-20-4-12-28-56(48)62)40-35-43(63-57-29-13-5-21-49(57)50-22-6-14-30-58(50)63)38-44(36-40)64-59-31-15-7-23-51(59)52-24-8-16-32-60(52)64/h1-38,45,47,49,53,55,57H. The second kappa shape index (κ2) is 13.8. The molecule has 0 amide bonds. The maximum Gasteiger partial charge on any atom is 0.0629 e. The molecule has 4 heterocycles. The molecule has 3 aliphatic heterocycles. The van der Waals surface area contributed by atoms with Crippen molar-refractivity contribution < 1.29 is 0 Å². The summed E-state index contributed by atoms with van der Waals surface area (Å²) >= 11 is 0. The highest BCUT2D eigenvalue weighted by molar-refractivity contribution is 6.09. The van der Waals surface area contributed by atoms with E-state index >= 15 is 0 Å². The van der Waals surface area contributed by atoms with Gasteiger partial charge in [0, 0.05) is 68.3 Å². The summed E-state index contributed by atoms with van der Waals surface area (Å²) in [6, 6.07) is 60.0. The molecule has 6 aliphatic rings. The van der Waals surface area contributed by atoms with Gasteiger partial charge in [0.2, 0.25) is 0 Å². The van der Waals surface area contributed by atoms with Gasteiger partial charge in [-0.15, -0.1) is 0 Å². The van der Waals surface area contributed by atoms with Crippen LogP contribution in [0.4, 0.5) is 34.1 Å². The van der Waals surface area contributed by atoms with Crippen LogP contribution in [0.1, 0.15) is 34.4 Å². The van der Waals surface area contributed by atoms with E-state index in [1.165, 1.54) is 83.7 Å². The van der Waals surface area contributed by atoms with Gasteiger partial charge in [0.1, 0.15) is 0 Å². The minimum absolute atomic E-state index is 0.166. The molecular weight excluding hydrogens is 777 g/mol. The second-order valence-electron chi connectivity index (χ2n) is 18.0. The van der Waals surface area contributed by atoms with Gasteiger partial charge in [0.05, 0.1) is 29.2 Å². The van der Waals surface area contributed by atoms with Crippen molar-refractivity contribution in [1.82, 2.24) is 4.57 Å². The van der Waals surface area contributed by atoms with Crippen LogP contribution in [0.5, 0.6) is 0 Å². The Morgan fingerprint density at radius 3 is 1.05 bits per heavy atom. The van der Waals surface area contributed by atoms with E-state index in [1.807, 2.05) is 0 Å². The Kier molecular flexibility index (Phi) is 7.73. The van der Waals surface area contributed by atoms with Gasteiger partial charge in [0.25, 0.3) is 0 Å². The number of benzene rings is 7. The average molecular weight is 821 g/mol. The first-order valence-corrected chi connectivity index (χ1v) is 22.8. The Hall–Kier alpha value is -7.82. The third-order valence-corrected chi connectivity index (χ3v) is 14.7. The molecule has 1 aromatic heterocycles. The Bertz CT molecular complexity index is 3270. The van der Waals surface area contributed by atoms with E-state index in [4.69, 9.17) is 0 Å². The molecule has 7 aromatic carbocycles. The highest BCUT2D eigenvalue weighted by Crippen LogP contribution is 2.54. The molecule has 14 rings (SSSR count). The molecule has 6 atom stereocenters. The van der Waals surface area contributed by atoms with Gasteiger partial charge < -0.3 is 19.3 Å². The molecule has 8 aromatic rings.